The van der Waals surface area contributed by atoms with Gasteiger partial charge in [-0.05, 0) is 64.5 Å². The van der Waals surface area contributed by atoms with Crippen molar-refractivity contribution < 1.29 is 14.0 Å². The number of hydrogen-bond acceptors (Lipinski definition) is 4. The molecule has 0 radical (unpaired) electrons. The van der Waals surface area contributed by atoms with Crippen LogP contribution in [0, 0.1) is 0 Å². The van der Waals surface area contributed by atoms with E-state index in [0.717, 1.165) is 5.69 Å². The van der Waals surface area contributed by atoms with E-state index in [1.54, 1.807) is 59.5 Å². The van der Waals surface area contributed by atoms with Crippen molar-refractivity contribution in [2.45, 2.75) is 0 Å². The molecule has 2 N–H and O–H groups in total. The van der Waals surface area contributed by atoms with Gasteiger partial charge in [-0.3, -0.25) is 9.59 Å². The number of hydrogen-bond donors (Lipinski definition) is 2. The lowest BCUT2D eigenvalue weighted by atomic mass is 10.1. The number of para-hydroxylation sites is 2. The predicted octanol–water partition coefficient (Wildman–Crippen LogP) is 4.73. The van der Waals surface area contributed by atoms with Gasteiger partial charge in [-0.2, -0.15) is 5.10 Å². The Morgan fingerprint density at radius 2 is 1.79 bits per heavy atom. The van der Waals surface area contributed by atoms with Gasteiger partial charge in [0.05, 0.1) is 11.4 Å². The van der Waals surface area contributed by atoms with E-state index in [2.05, 4.69) is 31.7 Å². The number of furan rings is 1. The molecule has 0 fully saturated rings. The van der Waals surface area contributed by atoms with Gasteiger partial charge in [0.15, 0.2) is 10.4 Å². The van der Waals surface area contributed by atoms with Crippen LogP contribution in [0.5, 0.6) is 0 Å². The van der Waals surface area contributed by atoms with E-state index in [-0.39, 0.29) is 11.7 Å². The van der Waals surface area contributed by atoms with Crippen molar-refractivity contribution in [1.82, 2.24) is 9.78 Å². The second-order valence-electron chi connectivity index (χ2n) is 6.06. The third-order valence-electron chi connectivity index (χ3n) is 4.08. The van der Waals surface area contributed by atoms with Gasteiger partial charge in [0.2, 0.25) is 0 Å². The van der Waals surface area contributed by atoms with E-state index < -0.39 is 5.91 Å². The number of rotatable bonds is 5. The molecule has 2 amide bonds. The molecule has 0 atom stereocenters. The van der Waals surface area contributed by atoms with Crippen molar-refractivity contribution in [3.05, 3.63) is 95.1 Å². The van der Waals surface area contributed by atoms with Crippen LogP contribution in [0.15, 0.2) is 88.2 Å². The summed E-state index contributed by atoms with van der Waals surface area (Å²) in [5.41, 5.74) is 2.25. The molecule has 144 valence electrons. The Morgan fingerprint density at radius 1 is 0.931 bits per heavy atom. The van der Waals surface area contributed by atoms with Crippen LogP contribution in [-0.2, 0) is 0 Å². The molecule has 0 saturated heterocycles. The fourth-order valence-electron chi connectivity index (χ4n) is 2.75. The highest BCUT2D eigenvalue weighted by atomic mass is 79.9. The molecule has 8 heteroatoms. The van der Waals surface area contributed by atoms with Crippen molar-refractivity contribution in [3.8, 4) is 5.69 Å². The summed E-state index contributed by atoms with van der Waals surface area (Å²) in [6.07, 6.45) is 3.47. The zero-order chi connectivity index (χ0) is 20.2. The van der Waals surface area contributed by atoms with Crippen LogP contribution in [0.25, 0.3) is 5.69 Å². The highest BCUT2D eigenvalue weighted by Crippen LogP contribution is 2.21. The van der Waals surface area contributed by atoms with Crippen molar-refractivity contribution in [3.63, 3.8) is 0 Å². The zero-order valence-electron chi connectivity index (χ0n) is 15.0. The Labute approximate surface area is 174 Å². The summed E-state index contributed by atoms with van der Waals surface area (Å²) in [6, 6.07) is 19.0. The van der Waals surface area contributed by atoms with Crippen LogP contribution in [0.4, 0.5) is 11.4 Å². The molecule has 0 aliphatic heterocycles. The molecule has 0 aliphatic rings. The number of halogens is 1. The first-order valence-electron chi connectivity index (χ1n) is 8.67. The van der Waals surface area contributed by atoms with Gasteiger partial charge < -0.3 is 15.1 Å². The second kappa shape index (κ2) is 8.15. The molecule has 2 aromatic carbocycles. The molecular formula is C21H15BrN4O3. The highest BCUT2D eigenvalue weighted by Gasteiger charge is 2.14. The minimum absolute atomic E-state index is 0.167. The standard InChI is InChI=1S/C21H15BrN4O3/c22-19-10-9-18(29-19)21(28)24-15-6-3-5-14(13-15)20(27)25-16-7-1-2-8-17(16)26-12-4-11-23-26/h1-13H,(H,24,28)(H,25,27). The molecule has 2 aromatic heterocycles. The normalized spacial score (nSPS) is 10.5. The van der Waals surface area contributed by atoms with Crippen molar-refractivity contribution in [2.75, 3.05) is 10.6 Å². The third kappa shape index (κ3) is 4.27. The summed E-state index contributed by atoms with van der Waals surface area (Å²) < 4.78 is 7.38. The Bertz CT molecular complexity index is 1170. The quantitative estimate of drug-likeness (QED) is 0.459. The lowest BCUT2D eigenvalue weighted by molar-refractivity contribution is 0.0992. The molecule has 0 spiro atoms. The first-order chi connectivity index (χ1) is 14.1. The number of nitrogens with zero attached hydrogens (tertiary/aromatic N) is 2. The Hall–Kier alpha value is -3.65. The molecule has 7 nitrogen and oxygen atoms in total. The van der Waals surface area contributed by atoms with E-state index >= 15 is 0 Å². The monoisotopic (exact) mass is 450 g/mol. The average molecular weight is 451 g/mol. The van der Waals surface area contributed by atoms with Crippen molar-refractivity contribution >= 4 is 39.1 Å². The third-order valence-corrected chi connectivity index (χ3v) is 4.51. The van der Waals surface area contributed by atoms with Crippen molar-refractivity contribution in [1.29, 1.82) is 0 Å². The van der Waals surface area contributed by atoms with Crippen LogP contribution >= 0.6 is 15.9 Å². The fourth-order valence-corrected chi connectivity index (χ4v) is 3.06. The van der Waals surface area contributed by atoms with Gasteiger partial charge in [0.1, 0.15) is 0 Å². The van der Waals surface area contributed by atoms with Crippen LogP contribution in [-0.4, -0.2) is 21.6 Å². The second-order valence-corrected chi connectivity index (χ2v) is 6.84. The van der Waals surface area contributed by atoms with Crippen LogP contribution in [0.3, 0.4) is 0 Å². The Kier molecular flexibility index (Phi) is 5.26. The number of carbonyl (C=O) groups is 2. The minimum Gasteiger partial charge on any atom is -0.444 e. The SMILES string of the molecule is O=C(Nc1ccccc1-n1cccn1)c1cccc(NC(=O)c2ccc(Br)o2)c1. The highest BCUT2D eigenvalue weighted by molar-refractivity contribution is 9.10. The smallest absolute Gasteiger partial charge is 0.291 e. The number of nitrogens with one attached hydrogen (secondary N) is 2. The van der Waals surface area contributed by atoms with Crippen LogP contribution < -0.4 is 10.6 Å². The van der Waals surface area contributed by atoms with Gasteiger partial charge in [-0.25, -0.2) is 4.68 Å². The largest absolute Gasteiger partial charge is 0.444 e. The minimum atomic E-state index is -0.405. The number of aromatic nitrogens is 2. The molecule has 4 rings (SSSR count). The summed E-state index contributed by atoms with van der Waals surface area (Å²) in [5.74, 6) is -0.543. The van der Waals surface area contributed by atoms with Crippen molar-refractivity contribution in [2.24, 2.45) is 0 Å². The average Bonchev–Trinajstić information content (AvgIpc) is 3.40. The van der Waals surface area contributed by atoms with E-state index in [4.69, 9.17) is 4.42 Å². The van der Waals surface area contributed by atoms with Gasteiger partial charge >= 0.3 is 0 Å². The molecule has 2 heterocycles. The molecule has 0 unspecified atom stereocenters. The topological polar surface area (TPSA) is 89.2 Å². The Morgan fingerprint density at radius 3 is 2.55 bits per heavy atom. The maximum atomic E-state index is 12.8. The zero-order valence-corrected chi connectivity index (χ0v) is 16.6. The van der Waals surface area contributed by atoms with Gasteiger partial charge in [-0.1, -0.05) is 18.2 Å². The summed E-state index contributed by atoms with van der Waals surface area (Å²) in [4.78, 5) is 25.0. The van der Waals surface area contributed by atoms with E-state index in [1.165, 1.54) is 0 Å². The molecule has 0 aliphatic carbocycles. The Balaban J connectivity index is 1.52. The molecule has 29 heavy (non-hydrogen) atoms. The molecule has 0 saturated carbocycles. The van der Waals surface area contributed by atoms with Gasteiger partial charge in [0.25, 0.3) is 11.8 Å². The molecule has 4 aromatic rings. The molecule has 0 bridgehead atoms. The number of carbonyl (C=O) groups excluding carboxylic acids is 2. The van der Waals surface area contributed by atoms with E-state index in [0.29, 0.717) is 21.6 Å². The molecular weight excluding hydrogens is 436 g/mol. The van der Waals surface area contributed by atoms with Gasteiger partial charge in [-0.15, -0.1) is 0 Å². The summed E-state index contributed by atoms with van der Waals surface area (Å²) in [5, 5.41) is 9.82. The maximum Gasteiger partial charge on any atom is 0.291 e. The van der Waals surface area contributed by atoms with Crippen LogP contribution in [0.2, 0.25) is 0 Å². The predicted molar refractivity (Wildman–Crippen MR) is 112 cm³/mol. The first kappa shape index (κ1) is 18.7. The van der Waals surface area contributed by atoms with E-state index in [9.17, 15) is 9.59 Å². The van der Waals surface area contributed by atoms with Crippen LogP contribution in [0.1, 0.15) is 20.9 Å². The summed E-state index contributed by atoms with van der Waals surface area (Å²) in [6.45, 7) is 0. The fraction of sp³-hybridized carbons (Fsp3) is 0. The van der Waals surface area contributed by atoms with E-state index in [1.807, 2.05) is 24.3 Å². The number of amides is 2. The maximum absolute atomic E-state index is 12.8. The van der Waals surface area contributed by atoms with Gasteiger partial charge in [0, 0.05) is 23.6 Å². The first-order valence-corrected chi connectivity index (χ1v) is 9.46. The number of anilines is 2. The lowest BCUT2D eigenvalue weighted by Crippen LogP contribution is -2.15. The lowest BCUT2D eigenvalue weighted by Gasteiger charge is -2.12. The summed E-state index contributed by atoms with van der Waals surface area (Å²) >= 11 is 3.16. The summed E-state index contributed by atoms with van der Waals surface area (Å²) in [7, 11) is 0. The number of benzene rings is 2.